The smallest absolute Gasteiger partial charge is 0.263 e. The molecular formula is C19H16BrClN4O2. The molecule has 1 saturated heterocycles. The number of fused-ring (bicyclic) bond motifs is 1. The summed E-state index contributed by atoms with van der Waals surface area (Å²) in [6.07, 6.45) is 4.55. The van der Waals surface area contributed by atoms with Crippen molar-refractivity contribution in [1.29, 1.82) is 0 Å². The van der Waals surface area contributed by atoms with E-state index in [2.05, 4.69) is 25.9 Å². The average Bonchev–Trinajstić information content (AvgIpc) is 2.70. The van der Waals surface area contributed by atoms with E-state index in [0.717, 1.165) is 4.47 Å². The molecular weight excluding hydrogens is 432 g/mol. The third-order valence-electron chi connectivity index (χ3n) is 4.86. The predicted octanol–water partition coefficient (Wildman–Crippen LogP) is 3.68. The van der Waals surface area contributed by atoms with E-state index in [-0.39, 0.29) is 17.5 Å². The number of hydrogen-bond acceptors (Lipinski definition) is 4. The van der Waals surface area contributed by atoms with E-state index in [4.69, 9.17) is 11.6 Å². The Morgan fingerprint density at radius 3 is 2.74 bits per heavy atom. The first-order valence-corrected chi connectivity index (χ1v) is 9.78. The maximum atomic E-state index is 12.8. The molecule has 27 heavy (non-hydrogen) atoms. The number of hydrogen-bond donors (Lipinski definition) is 0. The maximum absolute atomic E-state index is 12.8. The normalized spacial score (nSPS) is 15.3. The van der Waals surface area contributed by atoms with Gasteiger partial charge in [-0.3, -0.25) is 14.2 Å². The Labute approximate surface area is 168 Å². The van der Waals surface area contributed by atoms with Crippen molar-refractivity contribution in [1.82, 2.24) is 19.4 Å². The molecule has 1 aliphatic heterocycles. The summed E-state index contributed by atoms with van der Waals surface area (Å²) in [6, 6.07) is 8.73. The van der Waals surface area contributed by atoms with Crippen LogP contribution >= 0.6 is 27.5 Å². The fraction of sp³-hybridized carbons (Fsp3) is 0.263. The fourth-order valence-electron chi connectivity index (χ4n) is 3.41. The lowest BCUT2D eigenvalue weighted by Crippen LogP contribution is -2.41. The number of halogens is 2. The minimum Gasteiger partial charge on any atom is -0.338 e. The van der Waals surface area contributed by atoms with Crippen LogP contribution in [0.3, 0.4) is 0 Å². The van der Waals surface area contributed by atoms with Gasteiger partial charge >= 0.3 is 0 Å². The molecule has 0 spiro atoms. The van der Waals surface area contributed by atoms with Gasteiger partial charge in [0.15, 0.2) is 5.65 Å². The van der Waals surface area contributed by atoms with Crippen molar-refractivity contribution in [2.24, 2.45) is 0 Å². The van der Waals surface area contributed by atoms with Crippen LogP contribution in [0.1, 0.15) is 29.2 Å². The molecule has 1 aliphatic rings. The zero-order valence-corrected chi connectivity index (χ0v) is 16.7. The number of piperidine rings is 1. The summed E-state index contributed by atoms with van der Waals surface area (Å²) < 4.78 is 2.48. The van der Waals surface area contributed by atoms with Crippen LogP contribution in [-0.4, -0.2) is 38.4 Å². The van der Waals surface area contributed by atoms with Crippen LogP contribution < -0.4 is 5.56 Å². The second-order valence-electron chi connectivity index (χ2n) is 6.48. The topological polar surface area (TPSA) is 68.1 Å². The highest BCUT2D eigenvalue weighted by Gasteiger charge is 2.26. The van der Waals surface area contributed by atoms with Crippen molar-refractivity contribution in [3.05, 3.63) is 68.3 Å². The Balaban J connectivity index is 1.52. The standard InChI is InChI=1S/C19H16BrClN4O2/c20-12-3-4-16(21)15(10-12)18(26)24-8-5-13(6-9-24)25-11-23-17-14(19(25)27)2-1-7-22-17/h1-4,7,10-11,13H,5-6,8-9H2. The maximum Gasteiger partial charge on any atom is 0.263 e. The monoisotopic (exact) mass is 446 g/mol. The molecule has 0 atom stereocenters. The lowest BCUT2D eigenvalue weighted by Gasteiger charge is -2.33. The SMILES string of the molecule is O=C(c1cc(Br)ccc1Cl)N1CCC(n2cnc3ncccc3c2=O)CC1. The molecule has 4 rings (SSSR count). The van der Waals surface area contributed by atoms with E-state index in [9.17, 15) is 9.59 Å². The summed E-state index contributed by atoms with van der Waals surface area (Å²) in [6.45, 7) is 1.12. The first kappa shape index (κ1) is 18.1. The highest BCUT2D eigenvalue weighted by atomic mass is 79.9. The Morgan fingerprint density at radius 1 is 1.19 bits per heavy atom. The van der Waals surface area contributed by atoms with E-state index in [1.54, 1.807) is 52.3 Å². The van der Waals surface area contributed by atoms with Crippen LogP contribution in [0.15, 0.2) is 52.1 Å². The number of aromatic nitrogens is 3. The van der Waals surface area contributed by atoms with E-state index in [0.29, 0.717) is 47.6 Å². The van der Waals surface area contributed by atoms with Gasteiger partial charge in [0.1, 0.15) is 6.33 Å². The van der Waals surface area contributed by atoms with E-state index in [1.165, 1.54) is 0 Å². The lowest BCUT2D eigenvalue weighted by atomic mass is 10.0. The van der Waals surface area contributed by atoms with Gasteiger partial charge < -0.3 is 4.90 Å². The number of amides is 1. The minimum absolute atomic E-state index is 0.0108. The number of benzene rings is 1. The molecule has 0 N–H and O–H groups in total. The summed E-state index contributed by atoms with van der Waals surface area (Å²) in [5, 5.41) is 0.951. The Morgan fingerprint density at radius 2 is 1.96 bits per heavy atom. The van der Waals surface area contributed by atoms with Gasteiger partial charge in [-0.05, 0) is 43.2 Å². The van der Waals surface area contributed by atoms with Crippen molar-refractivity contribution < 1.29 is 4.79 Å². The summed E-state index contributed by atoms with van der Waals surface area (Å²) in [5.74, 6) is -0.0899. The first-order valence-electron chi connectivity index (χ1n) is 8.61. The van der Waals surface area contributed by atoms with E-state index in [1.807, 2.05) is 0 Å². The molecule has 8 heteroatoms. The van der Waals surface area contributed by atoms with Gasteiger partial charge in [-0.2, -0.15) is 0 Å². The van der Waals surface area contributed by atoms with Gasteiger partial charge in [-0.25, -0.2) is 9.97 Å². The van der Waals surface area contributed by atoms with Gasteiger partial charge in [0.2, 0.25) is 0 Å². The summed E-state index contributed by atoms with van der Waals surface area (Å²) >= 11 is 9.56. The molecule has 0 radical (unpaired) electrons. The van der Waals surface area contributed by atoms with Gasteiger partial charge in [-0.1, -0.05) is 27.5 Å². The van der Waals surface area contributed by atoms with Crippen molar-refractivity contribution in [3.63, 3.8) is 0 Å². The summed E-state index contributed by atoms with van der Waals surface area (Å²) in [5.41, 5.74) is 0.851. The second kappa shape index (κ2) is 7.40. The first-order chi connectivity index (χ1) is 13.0. The molecule has 1 fully saturated rings. The summed E-state index contributed by atoms with van der Waals surface area (Å²) in [7, 11) is 0. The van der Waals surface area contributed by atoms with Crippen LogP contribution in [0, 0.1) is 0 Å². The number of carbonyl (C=O) groups is 1. The Kier molecular flexibility index (Phi) is 4.97. The quantitative estimate of drug-likeness (QED) is 0.601. The van der Waals surface area contributed by atoms with Gasteiger partial charge in [0.05, 0.1) is 16.0 Å². The molecule has 6 nitrogen and oxygen atoms in total. The highest BCUT2D eigenvalue weighted by molar-refractivity contribution is 9.10. The fourth-order valence-corrected chi connectivity index (χ4v) is 3.97. The second-order valence-corrected chi connectivity index (χ2v) is 7.80. The van der Waals surface area contributed by atoms with E-state index < -0.39 is 0 Å². The molecule has 0 unspecified atom stereocenters. The number of rotatable bonds is 2. The van der Waals surface area contributed by atoms with E-state index >= 15 is 0 Å². The molecule has 2 aromatic heterocycles. The molecule has 3 heterocycles. The Bertz CT molecular complexity index is 1080. The van der Waals surface area contributed by atoms with Gasteiger partial charge in [-0.15, -0.1) is 0 Å². The number of pyridine rings is 1. The van der Waals surface area contributed by atoms with Gasteiger partial charge in [0, 0.05) is 29.8 Å². The highest BCUT2D eigenvalue weighted by Crippen LogP contribution is 2.26. The lowest BCUT2D eigenvalue weighted by molar-refractivity contribution is 0.0693. The summed E-state index contributed by atoms with van der Waals surface area (Å²) in [4.78, 5) is 35.7. The third-order valence-corrected chi connectivity index (χ3v) is 5.68. The number of likely N-dealkylation sites (tertiary alicyclic amines) is 1. The molecule has 1 amide bonds. The van der Waals surface area contributed by atoms with Gasteiger partial charge in [0.25, 0.3) is 11.5 Å². The zero-order chi connectivity index (χ0) is 19.0. The molecule has 0 aliphatic carbocycles. The largest absolute Gasteiger partial charge is 0.338 e. The van der Waals surface area contributed by atoms with Crippen LogP contribution in [0.25, 0.3) is 11.0 Å². The van der Waals surface area contributed by atoms with Crippen LogP contribution in [-0.2, 0) is 0 Å². The van der Waals surface area contributed by atoms with Crippen molar-refractivity contribution in [2.75, 3.05) is 13.1 Å². The third kappa shape index (κ3) is 3.49. The minimum atomic E-state index is -0.0899. The predicted molar refractivity (Wildman–Crippen MR) is 107 cm³/mol. The number of carbonyl (C=O) groups excluding carboxylic acids is 1. The van der Waals surface area contributed by atoms with Crippen LogP contribution in [0.2, 0.25) is 5.02 Å². The van der Waals surface area contributed by atoms with Crippen LogP contribution in [0.4, 0.5) is 0 Å². The molecule has 0 saturated carbocycles. The molecule has 3 aromatic rings. The molecule has 1 aromatic carbocycles. The number of nitrogens with zero attached hydrogens (tertiary/aromatic N) is 4. The zero-order valence-electron chi connectivity index (χ0n) is 14.3. The van der Waals surface area contributed by atoms with Crippen molar-refractivity contribution >= 4 is 44.5 Å². The van der Waals surface area contributed by atoms with Crippen LogP contribution in [0.5, 0.6) is 0 Å². The average molecular weight is 448 g/mol. The van der Waals surface area contributed by atoms with Crippen molar-refractivity contribution in [2.45, 2.75) is 18.9 Å². The Hall–Kier alpha value is -2.25. The molecule has 0 bridgehead atoms. The molecule has 138 valence electrons. The van der Waals surface area contributed by atoms with Crippen molar-refractivity contribution in [3.8, 4) is 0 Å².